The molecule has 1 unspecified atom stereocenters. The molecule has 1 atom stereocenters. The van der Waals surface area contributed by atoms with Crippen LogP contribution >= 0.6 is 15.9 Å². The lowest BCUT2D eigenvalue weighted by Gasteiger charge is -2.28. The van der Waals surface area contributed by atoms with Crippen LogP contribution in [0.25, 0.3) is 0 Å². The summed E-state index contributed by atoms with van der Waals surface area (Å²) in [5.41, 5.74) is 0. The zero-order valence-electron chi connectivity index (χ0n) is 7.26. The molecule has 0 aliphatic rings. The summed E-state index contributed by atoms with van der Waals surface area (Å²) in [4.78, 5) is 0. The lowest BCUT2D eigenvalue weighted by atomic mass is 10.1. The molecular weight excluding hydrogens is 208 g/mol. The topological polar surface area (TPSA) is 18.5 Å². The largest absolute Gasteiger partial charge is 0.354 e. The predicted octanol–water partition coefficient (Wildman–Crippen LogP) is 2.33. The lowest BCUT2D eigenvalue weighted by Crippen LogP contribution is -2.35. The van der Waals surface area contributed by atoms with Gasteiger partial charge >= 0.3 is 0 Å². The van der Waals surface area contributed by atoms with E-state index in [9.17, 15) is 0 Å². The second-order valence-corrected chi connectivity index (χ2v) is 4.39. The number of allylic oxidation sites excluding steroid dienone is 1. The van der Waals surface area contributed by atoms with Crippen molar-refractivity contribution in [3.8, 4) is 0 Å². The Hall–Kier alpha value is 0.140. The fourth-order valence-electron chi connectivity index (χ4n) is 0.966. The van der Waals surface area contributed by atoms with Gasteiger partial charge < -0.3 is 9.47 Å². The van der Waals surface area contributed by atoms with Crippen LogP contribution in [0.4, 0.5) is 0 Å². The van der Waals surface area contributed by atoms with E-state index in [0.29, 0.717) is 0 Å². The highest BCUT2D eigenvalue weighted by atomic mass is 79.9. The Balaban J connectivity index is 4.10. The van der Waals surface area contributed by atoms with Gasteiger partial charge in [0.15, 0.2) is 6.29 Å². The first kappa shape index (κ1) is 11.1. The second kappa shape index (κ2) is 4.91. The van der Waals surface area contributed by atoms with Crippen LogP contribution in [0, 0.1) is 0 Å². The van der Waals surface area contributed by atoms with Crippen LogP contribution in [0.5, 0.6) is 0 Å². The monoisotopic (exact) mass is 222 g/mol. The first-order valence-corrected chi connectivity index (χ1v) is 4.23. The summed E-state index contributed by atoms with van der Waals surface area (Å²) in [5.74, 6) is 0. The van der Waals surface area contributed by atoms with Crippen LogP contribution < -0.4 is 0 Å². The van der Waals surface area contributed by atoms with Gasteiger partial charge in [0, 0.05) is 14.2 Å². The zero-order valence-corrected chi connectivity index (χ0v) is 8.85. The van der Waals surface area contributed by atoms with Gasteiger partial charge in [-0.1, -0.05) is 22.0 Å². The summed E-state index contributed by atoms with van der Waals surface area (Å²) < 4.78 is 10.0. The summed E-state index contributed by atoms with van der Waals surface area (Å²) in [5, 5.41) is 0. The van der Waals surface area contributed by atoms with E-state index in [4.69, 9.17) is 9.47 Å². The summed E-state index contributed by atoms with van der Waals surface area (Å²) in [7, 11) is 3.24. The molecule has 0 N–H and O–H groups in total. The Morgan fingerprint density at radius 2 is 2.00 bits per heavy atom. The van der Waals surface area contributed by atoms with Gasteiger partial charge in [0.25, 0.3) is 0 Å². The molecule has 11 heavy (non-hydrogen) atoms. The quantitative estimate of drug-likeness (QED) is 0.404. The summed E-state index contributed by atoms with van der Waals surface area (Å²) in [6.45, 7) is 5.66. The maximum absolute atomic E-state index is 5.10. The molecule has 0 heterocycles. The van der Waals surface area contributed by atoms with Crippen LogP contribution in [-0.2, 0) is 9.47 Å². The van der Waals surface area contributed by atoms with Gasteiger partial charge in [-0.15, -0.1) is 6.58 Å². The highest BCUT2D eigenvalue weighted by molar-refractivity contribution is 9.10. The van der Waals surface area contributed by atoms with Crippen LogP contribution in [0.15, 0.2) is 12.7 Å². The summed E-state index contributed by atoms with van der Waals surface area (Å²) in [6, 6.07) is 0. The van der Waals surface area contributed by atoms with E-state index >= 15 is 0 Å². The standard InChI is InChI=1S/C8H15BrO2/c1-5-6-8(2,9)7(10-3)11-4/h5,7H,1,6H2,2-4H3. The minimum atomic E-state index is -0.236. The Bertz CT molecular complexity index is 119. The smallest absolute Gasteiger partial charge is 0.171 e. The third-order valence-corrected chi connectivity index (χ3v) is 2.16. The molecule has 66 valence electrons. The van der Waals surface area contributed by atoms with Crippen molar-refractivity contribution >= 4 is 15.9 Å². The number of hydrogen-bond donors (Lipinski definition) is 0. The lowest BCUT2D eigenvalue weighted by molar-refractivity contribution is -0.119. The van der Waals surface area contributed by atoms with Crippen molar-refractivity contribution in [2.75, 3.05) is 14.2 Å². The number of hydrogen-bond acceptors (Lipinski definition) is 2. The van der Waals surface area contributed by atoms with Crippen molar-refractivity contribution in [1.82, 2.24) is 0 Å². The van der Waals surface area contributed by atoms with Gasteiger partial charge in [0.05, 0.1) is 4.32 Å². The normalized spacial score (nSPS) is 16.5. The maximum Gasteiger partial charge on any atom is 0.171 e. The first-order chi connectivity index (χ1) is 5.08. The van der Waals surface area contributed by atoms with Crippen molar-refractivity contribution < 1.29 is 9.47 Å². The number of rotatable bonds is 5. The average Bonchev–Trinajstić information content (AvgIpc) is 1.89. The minimum absolute atomic E-state index is 0.182. The Morgan fingerprint density at radius 1 is 1.55 bits per heavy atom. The van der Waals surface area contributed by atoms with Crippen molar-refractivity contribution in [3.05, 3.63) is 12.7 Å². The van der Waals surface area contributed by atoms with Crippen LogP contribution in [0.2, 0.25) is 0 Å². The number of ether oxygens (including phenoxy) is 2. The van der Waals surface area contributed by atoms with E-state index in [2.05, 4.69) is 22.5 Å². The number of alkyl halides is 1. The highest BCUT2D eigenvalue weighted by Crippen LogP contribution is 2.28. The number of methoxy groups -OCH3 is 2. The van der Waals surface area contributed by atoms with Crippen molar-refractivity contribution in [1.29, 1.82) is 0 Å². The minimum Gasteiger partial charge on any atom is -0.354 e. The van der Waals surface area contributed by atoms with Gasteiger partial charge in [-0.2, -0.15) is 0 Å². The van der Waals surface area contributed by atoms with E-state index in [0.717, 1.165) is 6.42 Å². The molecular formula is C8H15BrO2. The Labute approximate surface area is 76.7 Å². The molecule has 0 amide bonds. The Morgan fingerprint density at radius 3 is 2.27 bits per heavy atom. The third kappa shape index (κ3) is 3.36. The highest BCUT2D eigenvalue weighted by Gasteiger charge is 2.30. The molecule has 0 spiro atoms. The zero-order chi connectivity index (χ0) is 8.91. The Kier molecular flexibility index (Phi) is 4.97. The van der Waals surface area contributed by atoms with E-state index in [1.807, 2.05) is 13.0 Å². The van der Waals surface area contributed by atoms with Crippen LogP contribution in [0.3, 0.4) is 0 Å². The molecule has 0 aromatic rings. The molecule has 0 saturated carbocycles. The number of halogens is 1. The van der Waals surface area contributed by atoms with Gasteiger partial charge in [0.1, 0.15) is 0 Å². The van der Waals surface area contributed by atoms with Crippen molar-refractivity contribution in [2.45, 2.75) is 24.0 Å². The molecule has 0 bridgehead atoms. The van der Waals surface area contributed by atoms with Crippen LogP contribution in [0.1, 0.15) is 13.3 Å². The predicted molar refractivity (Wildman–Crippen MR) is 50.0 cm³/mol. The SMILES string of the molecule is C=CCC(C)(Br)C(OC)OC. The average molecular weight is 223 g/mol. The molecule has 0 aliphatic heterocycles. The van der Waals surface area contributed by atoms with Crippen LogP contribution in [-0.4, -0.2) is 24.8 Å². The fraction of sp³-hybridized carbons (Fsp3) is 0.750. The molecule has 0 aromatic heterocycles. The molecule has 0 saturated heterocycles. The van der Waals surface area contributed by atoms with Gasteiger partial charge in [-0.25, -0.2) is 0 Å². The second-order valence-electron chi connectivity index (χ2n) is 2.57. The van der Waals surface area contributed by atoms with Gasteiger partial charge in [-0.05, 0) is 13.3 Å². The molecule has 0 aromatic carbocycles. The third-order valence-electron chi connectivity index (χ3n) is 1.46. The first-order valence-electron chi connectivity index (χ1n) is 3.44. The molecule has 3 heteroatoms. The fourth-order valence-corrected chi connectivity index (χ4v) is 1.57. The molecule has 0 aliphatic carbocycles. The molecule has 0 radical (unpaired) electrons. The van der Waals surface area contributed by atoms with E-state index in [-0.39, 0.29) is 10.6 Å². The summed E-state index contributed by atoms with van der Waals surface area (Å²) in [6.07, 6.45) is 2.40. The maximum atomic E-state index is 5.10. The summed E-state index contributed by atoms with van der Waals surface area (Å²) >= 11 is 3.51. The molecule has 0 rings (SSSR count). The van der Waals surface area contributed by atoms with Gasteiger partial charge in [-0.3, -0.25) is 0 Å². The van der Waals surface area contributed by atoms with Crippen molar-refractivity contribution in [3.63, 3.8) is 0 Å². The van der Waals surface area contributed by atoms with Gasteiger partial charge in [0.2, 0.25) is 0 Å². The van der Waals surface area contributed by atoms with E-state index in [1.54, 1.807) is 14.2 Å². The molecule has 2 nitrogen and oxygen atoms in total. The van der Waals surface area contributed by atoms with E-state index in [1.165, 1.54) is 0 Å². The molecule has 0 fully saturated rings. The van der Waals surface area contributed by atoms with E-state index < -0.39 is 0 Å². The van der Waals surface area contributed by atoms with Crippen molar-refractivity contribution in [2.24, 2.45) is 0 Å².